The van der Waals surface area contributed by atoms with Crippen LogP contribution in [-0.2, 0) is 0 Å². The van der Waals surface area contributed by atoms with Crippen LogP contribution >= 0.6 is 28.6 Å². The molecule has 1 fully saturated rings. The molecule has 0 atom stereocenters. The summed E-state index contributed by atoms with van der Waals surface area (Å²) < 4.78 is 0.803. The smallest absolute Gasteiger partial charge is 0.255 e. The number of hydrogen-bond acceptors (Lipinski definition) is 4. The highest BCUT2D eigenvalue weighted by atomic mass is 79.9. The van der Waals surface area contributed by atoms with Crippen molar-refractivity contribution in [3.05, 3.63) is 28.2 Å². The average Bonchev–Trinajstić information content (AvgIpc) is 2.67. The van der Waals surface area contributed by atoms with Crippen LogP contribution in [0.4, 0.5) is 0 Å². The first-order chi connectivity index (χ1) is 9.61. The number of hydrogen-bond donors (Lipinski definition) is 2. The first kappa shape index (κ1) is 15.8. The lowest BCUT2D eigenvalue weighted by molar-refractivity contribution is 0.0759. The molecule has 1 aromatic carbocycles. The van der Waals surface area contributed by atoms with Gasteiger partial charge in [-0.2, -0.15) is 0 Å². The Kier molecular flexibility index (Phi) is 5.89. The third-order valence-electron chi connectivity index (χ3n) is 3.47. The van der Waals surface area contributed by atoms with Crippen LogP contribution in [0.2, 0.25) is 0 Å². The Labute approximate surface area is 133 Å². The van der Waals surface area contributed by atoms with Crippen LogP contribution in [0.1, 0.15) is 16.8 Å². The summed E-state index contributed by atoms with van der Waals surface area (Å²) in [5.74, 6) is 0.0404. The van der Waals surface area contributed by atoms with E-state index in [0.29, 0.717) is 18.7 Å². The molecule has 0 unspecified atom stereocenters. The highest BCUT2D eigenvalue weighted by molar-refractivity contribution is 9.10. The number of aliphatic hydroxyl groups is 1. The largest absolute Gasteiger partial charge is 0.395 e. The molecule has 1 aromatic rings. The lowest BCUT2D eigenvalue weighted by Gasteiger charge is -2.22. The van der Waals surface area contributed by atoms with E-state index in [9.17, 15) is 4.79 Å². The fourth-order valence-electron chi connectivity index (χ4n) is 2.39. The predicted octanol–water partition coefficient (Wildman–Crippen LogP) is 1.88. The van der Waals surface area contributed by atoms with Crippen LogP contribution in [0.15, 0.2) is 27.6 Å². The molecular formula is C14H19BrN2O2S. The van der Waals surface area contributed by atoms with E-state index in [1.807, 2.05) is 17.0 Å². The number of carbonyl (C=O) groups excluding carboxylic acids is 1. The molecule has 0 saturated carbocycles. The summed E-state index contributed by atoms with van der Waals surface area (Å²) in [7, 11) is 0. The van der Waals surface area contributed by atoms with Crippen molar-refractivity contribution in [3.63, 3.8) is 0 Å². The van der Waals surface area contributed by atoms with E-state index < -0.39 is 0 Å². The van der Waals surface area contributed by atoms with Gasteiger partial charge in [-0.3, -0.25) is 9.69 Å². The Morgan fingerprint density at radius 1 is 1.30 bits per heavy atom. The SMILES string of the molecule is O=C(c1cc(S)ccc1Br)N1CCCN(CCO)CC1. The fourth-order valence-corrected chi connectivity index (χ4v) is 3.01. The maximum absolute atomic E-state index is 12.6. The van der Waals surface area contributed by atoms with Crippen LogP contribution < -0.4 is 0 Å². The van der Waals surface area contributed by atoms with Crippen LogP contribution in [0, 0.1) is 0 Å². The molecule has 0 aromatic heterocycles. The number of nitrogens with zero attached hydrogens (tertiary/aromatic N) is 2. The van der Waals surface area contributed by atoms with Crippen molar-refractivity contribution in [3.8, 4) is 0 Å². The molecule has 2 rings (SSSR count). The van der Waals surface area contributed by atoms with Gasteiger partial charge in [-0.05, 0) is 47.1 Å². The summed E-state index contributed by atoms with van der Waals surface area (Å²) in [6.45, 7) is 4.04. The molecule has 1 saturated heterocycles. The van der Waals surface area contributed by atoms with Crippen LogP contribution in [0.5, 0.6) is 0 Å². The van der Waals surface area contributed by atoms with Gasteiger partial charge in [0.15, 0.2) is 0 Å². The van der Waals surface area contributed by atoms with E-state index in [2.05, 4.69) is 33.5 Å². The van der Waals surface area contributed by atoms with E-state index >= 15 is 0 Å². The summed E-state index contributed by atoms with van der Waals surface area (Å²) in [5.41, 5.74) is 0.660. The van der Waals surface area contributed by atoms with Crippen LogP contribution in [-0.4, -0.2) is 60.1 Å². The zero-order chi connectivity index (χ0) is 14.5. The van der Waals surface area contributed by atoms with E-state index in [1.165, 1.54) is 0 Å². The number of β-amino-alcohol motifs (C(OH)–C–C–N with tert-alkyl or cyclic N) is 1. The second-order valence-corrected chi connectivity index (χ2v) is 6.25. The van der Waals surface area contributed by atoms with E-state index in [-0.39, 0.29) is 12.5 Å². The van der Waals surface area contributed by atoms with E-state index in [1.54, 1.807) is 6.07 Å². The quantitative estimate of drug-likeness (QED) is 0.810. The van der Waals surface area contributed by atoms with Crippen LogP contribution in [0.3, 0.4) is 0 Å². The molecule has 1 aliphatic heterocycles. The zero-order valence-corrected chi connectivity index (χ0v) is 13.7. The minimum Gasteiger partial charge on any atom is -0.395 e. The van der Waals surface area contributed by atoms with Crippen molar-refractivity contribution in [1.29, 1.82) is 0 Å². The fraction of sp³-hybridized carbons (Fsp3) is 0.500. The van der Waals surface area contributed by atoms with Gasteiger partial charge in [-0.1, -0.05) is 0 Å². The van der Waals surface area contributed by atoms with Gasteiger partial charge in [0.1, 0.15) is 0 Å². The van der Waals surface area contributed by atoms with Crippen molar-refractivity contribution in [2.24, 2.45) is 0 Å². The Morgan fingerprint density at radius 3 is 2.85 bits per heavy atom. The van der Waals surface area contributed by atoms with Gasteiger partial charge in [0.25, 0.3) is 5.91 Å². The molecular weight excluding hydrogens is 340 g/mol. The molecule has 1 aliphatic rings. The summed E-state index contributed by atoms with van der Waals surface area (Å²) in [6.07, 6.45) is 0.934. The molecule has 110 valence electrons. The first-order valence-electron chi connectivity index (χ1n) is 6.73. The predicted molar refractivity (Wildman–Crippen MR) is 85.4 cm³/mol. The monoisotopic (exact) mass is 358 g/mol. The third kappa shape index (κ3) is 3.97. The number of benzene rings is 1. The second kappa shape index (κ2) is 7.45. The Morgan fingerprint density at radius 2 is 2.10 bits per heavy atom. The van der Waals surface area contributed by atoms with E-state index in [4.69, 9.17) is 5.11 Å². The minimum absolute atomic E-state index is 0.0404. The van der Waals surface area contributed by atoms with Gasteiger partial charge in [-0.15, -0.1) is 12.6 Å². The standard InChI is InChI=1S/C14H19BrN2O2S/c15-13-3-2-11(20)10-12(13)14(19)17-5-1-4-16(6-7-17)8-9-18/h2-3,10,18,20H,1,4-9H2. The number of aliphatic hydroxyl groups excluding tert-OH is 1. The summed E-state index contributed by atoms with van der Waals surface area (Å²) in [6, 6.07) is 5.51. The van der Waals surface area contributed by atoms with Gasteiger partial charge in [0.05, 0.1) is 12.2 Å². The number of rotatable bonds is 3. The topological polar surface area (TPSA) is 43.8 Å². The summed E-state index contributed by atoms with van der Waals surface area (Å²) in [5, 5.41) is 8.99. The molecule has 4 nitrogen and oxygen atoms in total. The first-order valence-corrected chi connectivity index (χ1v) is 7.97. The Balaban J connectivity index is 2.07. The van der Waals surface area contributed by atoms with Crippen molar-refractivity contribution < 1.29 is 9.90 Å². The van der Waals surface area contributed by atoms with Crippen molar-refractivity contribution in [2.45, 2.75) is 11.3 Å². The molecule has 0 bridgehead atoms. The maximum Gasteiger partial charge on any atom is 0.255 e. The lowest BCUT2D eigenvalue weighted by atomic mass is 10.2. The van der Waals surface area contributed by atoms with Crippen LogP contribution in [0.25, 0.3) is 0 Å². The minimum atomic E-state index is 0.0404. The number of amides is 1. The zero-order valence-electron chi connectivity index (χ0n) is 11.3. The van der Waals surface area contributed by atoms with Crippen molar-refractivity contribution in [2.75, 3.05) is 39.3 Å². The summed E-state index contributed by atoms with van der Waals surface area (Å²) in [4.78, 5) is 17.4. The molecule has 0 radical (unpaired) electrons. The molecule has 1 amide bonds. The second-order valence-electron chi connectivity index (χ2n) is 4.88. The summed E-state index contributed by atoms with van der Waals surface area (Å²) >= 11 is 7.72. The number of carbonyl (C=O) groups is 1. The number of halogens is 1. The Hall–Kier alpha value is -0.560. The Bertz CT molecular complexity index is 484. The highest BCUT2D eigenvalue weighted by Crippen LogP contribution is 2.22. The van der Waals surface area contributed by atoms with E-state index in [0.717, 1.165) is 35.4 Å². The van der Waals surface area contributed by atoms with Gasteiger partial charge >= 0.3 is 0 Å². The molecule has 20 heavy (non-hydrogen) atoms. The average molecular weight is 359 g/mol. The molecule has 1 N–H and O–H groups in total. The molecule has 0 spiro atoms. The molecule has 1 heterocycles. The van der Waals surface area contributed by atoms with Crippen molar-refractivity contribution in [1.82, 2.24) is 9.80 Å². The maximum atomic E-state index is 12.6. The van der Waals surface area contributed by atoms with Gasteiger partial charge in [0.2, 0.25) is 0 Å². The molecule has 6 heteroatoms. The third-order valence-corrected chi connectivity index (χ3v) is 4.44. The van der Waals surface area contributed by atoms with Gasteiger partial charge in [0, 0.05) is 35.5 Å². The number of thiol groups is 1. The highest BCUT2D eigenvalue weighted by Gasteiger charge is 2.21. The lowest BCUT2D eigenvalue weighted by Crippen LogP contribution is -2.36. The van der Waals surface area contributed by atoms with Gasteiger partial charge < -0.3 is 10.0 Å². The van der Waals surface area contributed by atoms with Crippen molar-refractivity contribution >= 4 is 34.5 Å². The van der Waals surface area contributed by atoms with Gasteiger partial charge in [-0.25, -0.2) is 0 Å². The molecule has 0 aliphatic carbocycles. The normalized spacial score (nSPS) is 17.1.